The van der Waals surface area contributed by atoms with Crippen molar-refractivity contribution in [3.05, 3.63) is 72.3 Å². The number of thiophene rings is 1. The summed E-state index contributed by atoms with van der Waals surface area (Å²) in [7, 11) is 0. The van der Waals surface area contributed by atoms with Crippen molar-refractivity contribution in [2.24, 2.45) is 5.10 Å². The molecule has 0 amide bonds. The zero-order valence-corrected chi connectivity index (χ0v) is 12.8. The number of rotatable bonds is 4. The van der Waals surface area contributed by atoms with E-state index < -0.39 is 0 Å². The summed E-state index contributed by atoms with van der Waals surface area (Å²) < 4.78 is 3.42. The highest BCUT2D eigenvalue weighted by molar-refractivity contribution is 7.13. The maximum Gasteiger partial charge on any atom is 0.141 e. The zero-order valence-electron chi connectivity index (χ0n) is 12.0. The summed E-state index contributed by atoms with van der Waals surface area (Å²) >= 11 is 1.65. The Morgan fingerprint density at radius 1 is 1.00 bits per heavy atom. The van der Waals surface area contributed by atoms with E-state index in [9.17, 15) is 0 Å². The lowest BCUT2D eigenvalue weighted by atomic mass is 10.2. The average molecular weight is 320 g/mol. The van der Waals surface area contributed by atoms with Gasteiger partial charge in [-0.1, -0.05) is 24.3 Å². The van der Waals surface area contributed by atoms with Gasteiger partial charge in [-0.05, 0) is 23.6 Å². The van der Waals surface area contributed by atoms with Gasteiger partial charge in [0, 0.05) is 11.8 Å². The topological polar surface area (TPSA) is 60.9 Å². The van der Waals surface area contributed by atoms with Crippen molar-refractivity contribution in [3.63, 3.8) is 0 Å². The van der Waals surface area contributed by atoms with Crippen molar-refractivity contribution in [1.82, 2.24) is 24.7 Å². The summed E-state index contributed by atoms with van der Waals surface area (Å²) in [4.78, 5) is 1.10. The summed E-state index contributed by atoms with van der Waals surface area (Å²) in [5, 5.41) is 18.6. The predicted molar refractivity (Wildman–Crippen MR) is 89.9 cm³/mol. The van der Waals surface area contributed by atoms with Crippen LogP contribution in [0.4, 0.5) is 0 Å². The molecule has 4 rings (SSSR count). The second kappa shape index (κ2) is 5.98. The summed E-state index contributed by atoms with van der Waals surface area (Å²) in [5.74, 6) is 0. The molecule has 4 aromatic rings. The van der Waals surface area contributed by atoms with Gasteiger partial charge in [0.1, 0.15) is 18.3 Å². The molecule has 0 spiro atoms. The zero-order chi connectivity index (χ0) is 15.5. The molecule has 1 aromatic carbocycles. The molecule has 0 aliphatic heterocycles. The number of hydrogen-bond donors (Lipinski definition) is 0. The van der Waals surface area contributed by atoms with Gasteiger partial charge in [0.25, 0.3) is 0 Å². The second-order valence-corrected chi connectivity index (χ2v) is 5.72. The van der Waals surface area contributed by atoms with Crippen LogP contribution in [-0.4, -0.2) is 30.9 Å². The third-order valence-corrected chi connectivity index (χ3v) is 4.13. The normalized spacial score (nSPS) is 11.3. The lowest BCUT2D eigenvalue weighted by Crippen LogP contribution is -1.93. The monoisotopic (exact) mass is 320 g/mol. The van der Waals surface area contributed by atoms with Crippen molar-refractivity contribution in [2.75, 3.05) is 0 Å². The van der Waals surface area contributed by atoms with E-state index in [4.69, 9.17) is 5.10 Å². The first-order valence-corrected chi connectivity index (χ1v) is 7.86. The first kappa shape index (κ1) is 13.6. The quantitative estimate of drug-likeness (QED) is 0.543. The van der Waals surface area contributed by atoms with Gasteiger partial charge in [-0.3, -0.25) is 0 Å². The lowest BCUT2D eigenvalue weighted by molar-refractivity contribution is 0.877. The Balaban J connectivity index is 1.78. The molecule has 0 aliphatic rings. The van der Waals surface area contributed by atoms with Crippen LogP contribution in [0.15, 0.2) is 71.8 Å². The minimum Gasteiger partial charge on any atom is -0.240 e. The van der Waals surface area contributed by atoms with Crippen molar-refractivity contribution in [1.29, 1.82) is 0 Å². The van der Waals surface area contributed by atoms with Gasteiger partial charge in [-0.15, -0.1) is 21.5 Å². The molecule has 7 heteroatoms. The van der Waals surface area contributed by atoms with E-state index in [0.717, 1.165) is 21.8 Å². The van der Waals surface area contributed by atoms with E-state index in [1.807, 2.05) is 52.7 Å². The molecule has 3 heterocycles. The molecule has 0 N–H and O–H groups in total. The number of para-hydroxylation sites is 1. The Kier molecular flexibility index (Phi) is 3.53. The Hall–Kier alpha value is -3.06. The van der Waals surface area contributed by atoms with Gasteiger partial charge >= 0.3 is 0 Å². The maximum absolute atomic E-state index is 4.72. The van der Waals surface area contributed by atoms with Crippen molar-refractivity contribution < 1.29 is 0 Å². The molecule has 3 aromatic heterocycles. The smallest absolute Gasteiger partial charge is 0.141 e. The van der Waals surface area contributed by atoms with Crippen LogP contribution in [0, 0.1) is 0 Å². The van der Waals surface area contributed by atoms with Crippen LogP contribution in [0.5, 0.6) is 0 Å². The molecule has 6 nitrogen and oxygen atoms in total. The molecular formula is C16H12N6S. The average Bonchev–Trinajstić information content (AvgIpc) is 3.33. The fraction of sp³-hybridized carbons (Fsp3) is 0. The van der Waals surface area contributed by atoms with Crippen LogP contribution in [0.2, 0.25) is 0 Å². The third-order valence-electron chi connectivity index (χ3n) is 3.25. The Labute approximate surface area is 136 Å². The Morgan fingerprint density at radius 2 is 1.83 bits per heavy atom. The Bertz CT molecular complexity index is 907. The highest BCUT2D eigenvalue weighted by Crippen LogP contribution is 2.26. The first-order chi connectivity index (χ1) is 11.4. The maximum atomic E-state index is 4.72. The highest BCUT2D eigenvalue weighted by Gasteiger charge is 2.11. The second-order valence-electron chi connectivity index (χ2n) is 4.78. The molecular weight excluding hydrogens is 308 g/mol. The van der Waals surface area contributed by atoms with Crippen molar-refractivity contribution in [2.45, 2.75) is 0 Å². The van der Waals surface area contributed by atoms with Crippen LogP contribution in [0.25, 0.3) is 16.3 Å². The summed E-state index contributed by atoms with van der Waals surface area (Å²) in [6, 6.07) is 14.1. The predicted octanol–water partition coefficient (Wildman–Crippen LogP) is 3.07. The van der Waals surface area contributed by atoms with E-state index in [1.165, 1.54) is 0 Å². The van der Waals surface area contributed by atoms with Crippen LogP contribution in [0.3, 0.4) is 0 Å². The van der Waals surface area contributed by atoms with E-state index >= 15 is 0 Å². The fourth-order valence-electron chi connectivity index (χ4n) is 2.18. The fourth-order valence-corrected chi connectivity index (χ4v) is 2.91. The molecule has 0 saturated carbocycles. The third kappa shape index (κ3) is 2.82. The minimum absolute atomic E-state index is 0.903. The van der Waals surface area contributed by atoms with Crippen LogP contribution in [0.1, 0.15) is 5.56 Å². The molecule has 0 aliphatic carbocycles. The highest BCUT2D eigenvalue weighted by atomic mass is 32.1. The van der Waals surface area contributed by atoms with Crippen molar-refractivity contribution in [3.8, 4) is 16.3 Å². The van der Waals surface area contributed by atoms with E-state index in [1.54, 1.807) is 34.9 Å². The van der Waals surface area contributed by atoms with Crippen LogP contribution < -0.4 is 0 Å². The largest absolute Gasteiger partial charge is 0.240 e. The molecule has 112 valence electrons. The van der Waals surface area contributed by atoms with Crippen LogP contribution >= 0.6 is 11.3 Å². The first-order valence-electron chi connectivity index (χ1n) is 6.98. The van der Waals surface area contributed by atoms with E-state index in [0.29, 0.717) is 0 Å². The number of hydrogen-bond acceptors (Lipinski definition) is 5. The summed E-state index contributed by atoms with van der Waals surface area (Å²) in [6.07, 6.45) is 6.83. The molecule has 0 bridgehead atoms. The van der Waals surface area contributed by atoms with E-state index in [2.05, 4.69) is 21.4 Å². The van der Waals surface area contributed by atoms with Crippen LogP contribution in [-0.2, 0) is 0 Å². The van der Waals surface area contributed by atoms with E-state index in [-0.39, 0.29) is 0 Å². The van der Waals surface area contributed by atoms with Gasteiger partial charge in [0.2, 0.25) is 0 Å². The number of aromatic nitrogens is 5. The SMILES string of the molecule is C(=N/n1cnnc1)/c1cn(-c2ccccc2)nc1-c1cccs1. The molecule has 0 unspecified atom stereocenters. The molecule has 0 radical (unpaired) electrons. The van der Waals surface area contributed by atoms with Gasteiger partial charge in [0.05, 0.1) is 16.8 Å². The molecule has 0 fully saturated rings. The summed E-state index contributed by atoms with van der Waals surface area (Å²) in [5.41, 5.74) is 2.85. The summed E-state index contributed by atoms with van der Waals surface area (Å²) in [6.45, 7) is 0. The number of benzene rings is 1. The van der Waals surface area contributed by atoms with Crippen molar-refractivity contribution >= 4 is 17.6 Å². The minimum atomic E-state index is 0.903. The standard InChI is InChI=1S/C16H12N6S/c1-2-5-14(6-3-1)22-10-13(9-19-21-11-17-18-12-21)16(20-22)15-7-4-8-23-15/h1-12H/b19-9-. The molecule has 0 saturated heterocycles. The molecule has 23 heavy (non-hydrogen) atoms. The van der Waals surface area contributed by atoms with Gasteiger partial charge in [0.15, 0.2) is 0 Å². The Morgan fingerprint density at radius 3 is 2.57 bits per heavy atom. The van der Waals surface area contributed by atoms with Gasteiger partial charge in [-0.25, -0.2) is 9.36 Å². The number of nitrogens with zero attached hydrogens (tertiary/aromatic N) is 6. The van der Waals surface area contributed by atoms with Gasteiger partial charge in [-0.2, -0.15) is 10.2 Å². The molecule has 0 atom stereocenters. The van der Waals surface area contributed by atoms with Gasteiger partial charge < -0.3 is 0 Å². The lowest BCUT2D eigenvalue weighted by Gasteiger charge is -1.98.